The SMILES string of the molecule is CC1(C)CC(=S)C(S)=C(S)C1. The molecule has 1 rings (SSSR count). The molecule has 0 N–H and O–H groups in total. The van der Waals surface area contributed by atoms with Crippen molar-refractivity contribution in [1.29, 1.82) is 0 Å². The van der Waals surface area contributed by atoms with Crippen molar-refractivity contribution < 1.29 is 0 Å². The lowest BCUT2D eigenvalue weighted by Crippen LogP contribution is -2.21. The van der Waals surface area contributed by atoms with Gasteiger partial charge in [-0.3, -0.25) is 0 Å². The van der Waals surface area contributed by atoms with Crippen molar-refractivity contribution in [2.75, 3.05) is 0 Å². The maximum atomic E-state index is 5.17. The zero-order chi connectivity index (χ0) is 8.65. The Labute approximate surface area is 84.3 Å². The predicted octanol–water partition coefficient (Wildman–Crippen LogP) is 3.25. The second-order valence-electron chi connectivity index (χ2n) is 3.74. The molecule has 0 aromatic carbocycles. The molecule has 0 aromatic heterocycles. The summed E-state index contributed by atoms with van der Waals surface area (Å²) in [4.78, 5) is 2.91. The molecular weight excluding hydrogens is 192 g/mol. The molecule has 0 atom stereocenters. The lowest BCUT2D eigenvalue weighted by molar-refractivity contribution is 0.383. The highest BCUT2D eigenvalue weighted by Gasteiger charge is 2.27. The van der Waals surface area contributed by atoms with Crippen LogP contribution in [-0.4, -0.2) is 4.86 Å². The second-order valence-corrected chi connectivity index (χ2v) is 5.22. The maximum absolute atomic E-state index is 5.17. The maximum Gasteiger partial charge on any atom is 0.0298 e. The Hall–Kier alpha value is 0.530. The van der Waals surface area contributed by atoms with Crippen LogP contribution in [0.1, 0.15) is 26.7 Å². The molecular formula is C8H12S3. The molecule has 0 amide bonds. The van der Waals surface area contributed by atoms with Gasteiger partial charge in [-0.25, -0.2) is 0 Å². The van der Waals surface area contributed by atoms with E-state index in [1.165, 1.54) is 0 Å². The van der Waals surface area contributed by atoms with Gasteiger partial charge in [-0.2, -0.15) is 0 Å². The summed E-state index contributed by atoms with van der Waals surface area (Å²) in [6.07, 6.45) is 1.96. The van der Waals surface area contributed by atoms with Crippen molar-refractivity contribution in [3.63, 3.8) is 0 Å². The number of thiocarbonyl (C=S) groups is 1. The highest BCUT2D eigenvalue weighted by molar-refractivity contribution is 7.92. The smallest absolute Gasteiger partial charge is 0.0298 e. The topological polar surface area (TPSA) is 0 Å². The molecule has 0 nitrogen and oxygen atoms in total. The van der Waals surface area contributed by atoms with Crippen molar-refractivity contribution in [3.8, 4) is 0 Å². The molecule has 3 heteroatoms. The second kappa shape index (κ2) is 3.11. The fraction of sp³-hybridized carbons (Fsp3) is 0.625. The van der Waals surface area contributed by atoms with Gasteiger partial charge in [0.2, 0.25) is 0 Å². The van der Waals surface area contributed by atoms with Crippen LogP contribution in [0.2, 0.25) is 0 Å². The molecule has 0 unspecified atom stereocenters. The van der Waals surface area contributed by atoms with Crippen molar-refractivity contribution in [2.24, 2.45) is 5.41 Å². The van der Waals surface area contributed by atoms with Crippen LogP contribution in [0.5, 0.6) is 0 Å². The highest BCUT2D eigenvalue weighted by atomic mass is 32.1. The van der Waals surface area contributed by atoms with Gasteiger partial charge in [0.05, 0.1) is 0 Å². The summed E-state index contributed by atoms with van der Waals surface area (Å²) in [6.45, 7) is 4.41. The summed E-state index contributed by atoms with van der Waals surface area (Å²) in [5.41, 5.74) is 0.278. The highest BCUT2D eigenvalue weighted by Crippen LogP contribution is 2.39. The molecule has 62 valence electrons. The van der Waals surface area contributed by atoms with E-state index in [4.69, 9.17) is 12.2 Å². The lowest BCUT2D eigenvalue weighted by Gasteiger charge is -2.30. The molecule has 0 aromatic rings. The van der Waals surface area contributed by atoms with Gasteiger partial charge < -0.3 is 0 Å². The minimum atomic E-state index is 0.278. The van der Waals surface area contributed by atoms with Crippen LogP contribution in [0, 0.1) is 5.41 Å². The summed E-state index contributed by atoms with van der Waals surface area (Å²) in [5, 5.41) is 0. The molecule has 0 saturated carbocycles. The van der Waals surface area contributed by atoms with Crippen molar-refractivity contribution in [2.45, 2.75) is 26.7 Å². The Morgan fingerprint density at radius 1 is 1.27 bits per heavy atom. The largest absolute Gasteiger partial charge is 0.147 e. The number of hydrogen-bond acceptors (Lipinski definition) is 3. The zero-order valence-electron chi connectivity index (χ0n) is 6.72. The van der Waals surface area contributed by atoms with Gasteiger partial charge in [-0.15, -0.1) is 25.3 Å². The third-order valence-electron chi connectivity index (χ3n) is 1.82. The molecule has 0 heterocycles. The third kappa shape index (κ3) is 2.23. The van der Waals surface area contributed by atoms with Gasteiger partial charge in [0, 0.05) is 9.77 Å². The molecule has 0 bridgehead atoms. The van der Waals surface area contributed by atoms with Gasteiger partial charge in [0.15, 0.2) is 0 Å². The quantitative estimate of drug-likeness (QED) is 0.451. The Bertz CT molecular complexity index is 225. The summed E-state index contributed by atoms with van der Waals surface area (Å²) in [7, 11) is 0. The Balaban J connectivity index is 2.94. The number of allylic oxidation sites excluding steroid dienone is 2. The van der Waals surface area contributed by atoms with Crippen LogP contribution in [0.3, 0.4) is 0 Å². The van der Waals surface area contributed by atoms with Gasteiger partial charge in [-0.05, 0) is 23.2 Å². The average Bonchev–Trinajstić information content (AvgIpc) is 1.81. The van der Waals surface area contributed by atoms with Crippen LogP contribution < -0.4 is 0 Å². The standard InChI is InChI=1S/C8H12S3/c1-8(2)3-5(9)7(11)6(10)4-8/h9,11H,3-4H2,1-2H3. The van der Waals surface area contributed by atoms with E-state index < -0.39 is 0 Å². The molecule has 0 fully saturated rings. The van der Waals surface area contributed by atoms with Crippen LogP contribution in [0.15, 0.2) is 9.81 Å². The van der Waals surface area contributed by atoms with Crippen LogP contribution in [0.25, 0.3) is 0 Å². The third-order valence-corrected chi connectivity index (χ3v) is 3.42. The number of rotatable bonds is 0. The van der Waals surface area contributed by atoms with Crippen LogP contribution in [0.4, 0.5) is 0 Å². The van der Waals surface area contributed by atoms with Gasteiger partial charge in [-0.1, -0.05) is 26.1 Å². The Morgan fingerprint density at radius 3 is 2.27 bits per heavy atom. The van der Waals surface area contributed by atoms with Crippen molar-refractivity contribution in [3.05, 3.63) is 9.81 Å². The predicted molar refractivity (Wildman–Crippen MR) is 60.6 cm³/mol. The first kappa shape index (κ1) is 9.62. The molecule has 1 aliphatic rings. The summed E-state index contributed by atoms with van der Waals surface area (Å²) in [6, 6.07) is 0. The number of hydrogen-bond donors (Lipinski definition) is 2. The van der Waals surface area contributed by atoms with Crippen LogP contribution in [-0.2, 0) is 0 Å². The molecule has 0 saturated heterocycles. The summed E-state index contributed by atoms with van der Waals surface area (Å²) >= 11 is 13.8. The van der Waals surface area contributed by atoms with E-state index in [0.29, 0.717) is 0 Å². The van der Waals surface area contributed by atoms with E-state index in [0.717, 1.165) is 27.5 Å². The normalized spacial score (nSPS) is 24.2. The minimum Gasteiger partial charge on any atom is -0.147 e. The lowest BCUT2D eigenvalue weighted by atomic mass is 9.81. The van der Waals surface area contributed by atoms with Gasteiger partial charge in [0.25, 0.3) is 0 Å². The average molecular weight is 204 g/mol. The van der Waals surface area contributed by atoms with E-state index in [-0.39, 0.29) is 5.41 Å². The van der Waals surface area contributed by atoms with Gasteiger partial charge in [0.1, 0.15) is 0 Å². The van der Waals surface area contributed by atoms with E-state index in [1.54, 1.807) is 0 Å². The monoisotopic (exact) mass is 204 g/mol. The number of thiol groups is 2. The zero-order valence-corrected chi connectivity index (χ0v) is 9.32. The van der Waals surface area contributed by atoms with E-state index >= 15 is 0 Å². The Kier molecular flexibility index (Phi) is 2.72. The molecule has 0 aliphatic heterocycles. The van der Waals surface area contributed by atoms with E-state index in [9.17, 15) is 0 Å². The Morgan fingerprint density at radius 2 is 1.82 bits per heavy atom. The first-order valence-electron chi connectivity index (χ1n) is 3.57. The van der Waals surface area contributed by atoms with Gasteiger partial charge >= 0.3 is 0 Å². The fourth-order valence-corrected chi connectivity index (χ4v) is 2.59. The van der Waals surface area contributed by atoms with E-state index in [1.807, 2.05) is 0 Å². The molecule has 0 radical (unpaired) electrons. The summed E-state index contributed by atoms with van der Waals surface area (Å²) < 4.78 is 0. The molecule has 0 spiro atoms. The van der Waals surface area contributed by atoms with Crippen molar-refractivity contribution in [1.82, 2.24) is 0 Å². The first-order valence-corrected chi connectivity index (χ1v) is 4.87. The fourth-order valence-electron chi connectivity index (χ4n) is 1.28. The first-order chi connectivity index (χ1) is 4.92. The van der Waals surface area contributed by atoms with Crippen LogP contribution >= 0.6 is 37.5 Å². The van der Waals surface area contributed by atoms with E-state index in [2.05, 4.69) is 39.1 Å². The molecule has 11 heavy (non-hydrogen) atoms. The molecule has 1 aliphatic carbocycles. The van der Waals surface area contributed by atoms with Crippen molar-refractivity contribution >= 4 is 42.3 Å². The summed E-state index contributed by atoms with van der Waals surface area (Å²) in [5.74, 6) is 0. The minimum absolute atomic E-state index is 0.278.